The molecule has 0 spiro atoms. The molecule has 1 saturated carbocycles. The maximum absolute atomic E-state index is 12.4. The first-order chi connectivity index (χ1) is 13.0. The number of carbonyl (C=O) groups excluding carboxylic acids is 2. The summed E-state index contributed by atoms with van der Waals surface area (Å²) in [5.41, 5.74) is 2.18. The van der Waals surface area contributed by atoms with Crippen molar-refractivity contribution < 1.29 is 22.8 Å². The Balaban J connectivity index is 1.97. The smallest absolute Gasteiger partial charge is 0.349 e. The molecule has 0 aliphatic heterocycles. The Hall–Kier alpha value is -2.64. The van der Waals surface area contributed by atoms with Gasteiger partial charge >= 0.3 is 6.18 Å². The molecule has 0 heterocycles. The molecule has 0 saturated heterocycles. The molecule has 152 valence electrons. The van der Waals surface area contributed by atoms with Gasteiger partial charge in [-0.15, -0.1) is 0 Å². The largest absolute Gasteiger partial charge is 0.405 e. The summed E-state index contributed by atoms with van der Waals surface area (Å²) in [6.45, 7) is 2.70. The molecule has 1 aromatic rings. The van der Waals surface area contributed by atoms with Crippen molar-refractivity contribution in [1.82, 2.24) is 10.6 Å². The fraction of sp³-hybridized carbons (Fsp3) is 0.450. The number of hydrogen-bond donors (Lipinski definition) is 3. The van der Waals surface area contributed by atoms with Crippen LogP contribution in [0.5, 0.6) is 0 Å². The highest BCUT2D eigenvalue weighted by molar-refractivity contribution is 6.04. The van der Waals surface area contributed by atoms with E-state index in [0.29, 0.717) is 29.9 Å². The summed E-state index contributed by atoms with van der Waals surface area (Å²) in [6.07, 6.45) is -2.36. The van der Waals surface area contributed by atoms with Crippen LogP contribution in [-0.2, 0) is 4.79 Å². The first kappa shape index (κ1) is 21.7. The van der Waals surface area contributed by atoms with Gasteiger partial charge in [0, 0.05) is 23.4 Å². The Bertz CT molecular complexity index is 768. The van der Waals surface area contributed by atoms with E-state index < -0.39 is 18.6 Å². The number of hydrogen-bond acceptors (Lipinski definition) is 3. The topological polar surface area (TPSA) is 82.1 Å². The summed E-state index contributed by atoms with van der Waals surface area (Å²) in [4.78, 5) is 24.1. The maximum Gasteiger partial charge on any atom is 0.405 e. The van der Waals surface area contributed by atoms with Gasteiger partial charge in [-0.2, -0.15) is 13.2 Å². The lowest BCUT2D eigenvalue weighted by Gasteiger charge is -2.26. The van der Waals surface area contributed by atoms with Crippen molar-refractivity contribution in [2.24, 2.45) is 0 Å². The van der Waals surface area contributed by atoms with E-state index in [1.54, 1.807) is 17.4 Å². The molecule has 28 heavy (non-hydrogen) atoms. The minimum Gasteiger partial charge on any atom is -0.349 e. The number of rotatable bonds is 5. The van der Waals surface area contributed by atoms with Gasteiger partial charge in [-0.3, -0.25) is 9.59 Å². The van der Waals surface area contributed by atoms with E-state index in [9.17, 15) is 22.8 Å². The fourth-order valence-electron chi connectivity index (χ4n) is 2.92. The number of halogens is 3. The minimum absolute atomic E-state index is 0.203. The van der Waals surface area contributed by atoms with Gasteiger partial charge in [-0.05, 0) is 48.4 Å². The Morgan fingerprint density at radius 3 is 2.46 bits per heavy atom. The quantitative estimate of drug-likeness (QED) is 0.664. The lowest BCUT2D eigenvalue weighted by molar-refractivity contribution is -0.135. The van der Waals surface area contributed by atoms with Crippen molar-refractivity contribution in [3.8, 4) is 0 Å². The first-order valence-electron chi connectivity index (χ1n) is 9.09. The molecule has 2 amide bonds. The van der Waals surface area contributed by atoms with E-state index in [0.717, 1.165) is 11.6 Å². The highest BCUT2D eigenvalue weighted by Crippen LogP contribution is 2.22. The average molecular weight is 395 g/mol. The Morgan fingerprint density at radius 1 is 1.25 bits per heavy atom. The number of benzene rings is 1. The molecule has 1 aromatic carbocycles. The molecule has 1 aliphatic carbocycles. The third-order valence-corrected chi connectivity index (χ3v) is 4.54. The normalized spacial score (nSPS) is 19.0. The van der Waals surface area contributed by atoms with Crippen molar-refractivity contribution >= 4 is 17.5 Å². The monoisotopic (exact) mass is 395 g/mol. The molecular weight excluding hydrogens is 371 g/mol. The summed E-state index contributed by atoms with van der Waals surface area (Å²) in [6, 6.07) is 7.00. The van der Waals surface area contributed by atoms with E-state index in [1.807, 2.05) is 12.1 Å². The molecule has 0 radical (unpaired) electrons. The van der Waals surface area contributed by atoms with Crippen LogP contribution in [0.25, 0.3) is 0 Å². The molecule has 2 rings (SSSR count). The van der Waals surface area contributed by atoms with Gasteiger partial charge in [0.05, 0.1) is 0 Å². The summed E-state index contributed by atoms with van der Waals surface area (Å²) in [7, 11) is 0. The molecule has 0 bridgehead atoms. The van der Waals surface area contributed by atoms with Crippen LogP contribution >= 0.6 is 0 Å². The van der Waals surface area contributed by atoms with Gasteiger partial charge in [0.25, 0.3) is 5.91 Å². The molecule has 1 aliphatic rings. The summed E-state index contributed by atoms with van der Waals surface area (Å²) in [5, 5.41) is 12.5. The van der Waals surface area contributed by atoms with Crippen LogP contribution in [-0.4, -0.2) is 36.3 Å². The summed E-state index contributed by atoms with van der Waals surface area (Å²) >= 11 is 0. The number of alkyl halides is 3. The van der Waals surface area contributed by atoms with E-state index in [1.165, 1.54) is 0 Å². The lowest BCUT2D eigenvalue weighted by atomic mass is 9.88. The van der Waals surface area contributed by atoms with Crippen molar-refractivity contribution in [3.05, 3.63) is 47.0 Å². The molecule has 3 N–H and O–H groups in total. The molecule has 0 aromatic heterocycles. The molecule has 8 heteroatoms. The van der Waals surface area contributed by atoms with E-state index in [4.69, 9.17) is 5.41 Å². The van der Waals surface area contributed by atoms with Crippen LogP contribution < -0.4 is 10.6 Å². The first-order valence-corrected chi connectivity index (χ1v) is 9.09. The second-order valence-electron chi connectivity index (χ2n) is 7.17. The van der Waals surface area contributed by atoms with Crippen LogP contribution in [0.3, 0.4) is 0 Å². The lowest BCUT2D eigenvalue weighted by Crippen LogP contribution is -2.39. The van der Waals surface area contributed by atoms with E-state index in [-0.39, 0.29) is 24.1 Å². The third-order valence-electron chi connectivity index (χ3n) is 4.54. The zero-order valence-corrected chi connectivity index (χ0v) is 15.8. The highest BCUT2D eigenvalue weighted by Gasteiger charge is 2.28. The van der Waals surface area contributed by atoms with Crippen molar-refractivity contribution in [1.29, 1.82) is 5.41 Å². The van der Waals surface area contributed by atoms with E-state index >= 15 is 0 Å². The van der Waals surface area contributed by atoms with Gasteiger partial charge < -0.3 is 16.0 Å². The summed E-state index contributed by atoms with van der Waals surface area (Å²) < 4.78 is 36.5. The van der Waals surface area contributed by atoms with Gasteiger partial charge in [0.2, 0.25) is 5.91 Å². The zero-order chi connectivity index (χ0) is 20.9. The molecule has 5 nitrogen and oxygen atoms in total. The fourth-order valence-corrected chi connectivity index (χ4v) is 2.92. The van der Waals surface area contributed by atoms with Gasteiger partial charge in [0.1, 0.15) is 6.54 Å². The van der Waals surface area contributed by atoms with Crippen molar-refractivity contribution in [2.45, 2.75) is 51.2 Å². The number of amides is 2. The highest BCUT2D eigenvalue weighted by atomic mass is 19.4. The van der Waals surface area contributed by atoms with Crippen LogP contribution in [0.2, 0.25) is 0 Å². The number of carbonyl (C=O) groups is 2. The zero-order valence-electron chi connectivity index (χ0n) is 15.8. The van der Waals surface area contributed by atoms with E-state index in [2.05, 4.69) is 19.2 Å². The van der Waals surface area contributed by atoms with Crippen molar-refractivity contribution in [2.75, 3.05) is 6.54 Å². The van der Waals surface area contributed by atoms with Gasteiger partial charge in [-0.25, -0.2) is 0 Å². The minimum atomic E-state index is -4.49. The average Bonchev–Trinajstić information content (AvgIpc) is 2.62. The third kappa shape index (κ3) is 6.51. The van der Waals surface area contributed by atoms with Crippen LogP contribution in [0.15, 0.2) is 35.9 Å². The molecule has 1 unspecified atom stereocenters. The molecule has 1 atom stereocenters. The predicted molar refractivity (Wildman–Crippen MR) is 101 cm³/mol. The summed E-state index contributed by atoms with van der Waals surface area (Å²) in [5.74, 6) is -0.791. The Kier molecular flexibility index (Phi) is 6.99. The maximum atomic E-state index is 12.4. The van der Waals surface area contributed by atoms with Gasteiger partial charge in [0.15, 0.2) is 0 Å². The van der Waals surface area contributed by atoms with Crippen LogP contribution in [0.1, 0.15) is 54.9 Å². The molecular formula is C20H24F3N3O2. The number of nitrogens with one attached hydrogen (secondary N) is 3. The van der Waals surface area contributed by atoms with Crippen LogP contribution in [0.4, 0.5) is 13.2 Å². The Morgan fingerprint density at radius 2 is 1.89 bits per heavy atom. The Labute approximate surface area is 161 Å². The predicted octanol–water partition coefficient (Wildman–Crippen LogP) is 3.72. The van der Waals surface area contributed by atoms with Gasteiger partial charge in [-0.1, -0.05) is 26.0 Å². The molecule has 1 fully saturated rings. The SMILES string of the molecule is CC(C)c1ccc(C(=O)NC2CCC(=N)/C(=C\C(=O)NCC(F)(F)F)C2)cc1. The van der Waals surface area contributed by atoms with Crippen molar-refractivity contribution in [3.63, 3.8) is 0 Å². The standard InChI is InChI=1S/C20H24F3N3O2/c1-12(2)13-3-5-14(6-4-13)19(28)26-16-7-8-17(24)15(9-16)10-18(27)25-11-20(21,22)23/h3-6,10,12,16,24H,7-9,11H2,1-2H3,(H,25,27)(H,26,28)/b15-10-,24-17?. The second kappa shape index (κ2) is 9.03. The second-order valence-corrected chi connectivity index (χ2v) is 7.17. The van der Waals surface area contributed by atoms with Crippen LogP contribution in [0, 0.1) is 5.41 Å².